The average Bonchev–Trinajstić information content (AvgIpc) is 2.41. The lowest BCUT2D eigenvalue weighted by molar-refractivity contribution is -0.116. The molecule has 0 aromatic heterocycles. The van der Waals surface area contributed by atoms with E-state index in [0.717, 1.165) is 11.3 Å². The molecule has 0 aliphatic carbocycles. The minimum Gasteiger partial charge on any atom is -0.326 e. The molecule has 0 saturated heterocycles. The molecule has 4 heteroatoms. The Labute approximate surface area is 122 Å². The molecule has 0 atom stereocenters. The molecule has 2 nitrogen and oxygen atoms in total. The highest BCUT2D eigenvalue weighted by Crippen LogP contribution is 2.20. The van der Waals surface area contributed by atoms with Crippen LogP contribution in [0.4, 0.5) is 10.1 Å². The molecule has 0 saturated carbocycles. The zero-order valence-corrected chi connectivity index (χ0v) is 11.9. The van der Waals surface area contributed by atoms with Crippen molar-refractivity contribution >= 4 is 23.2 Å². The predicted molar refractivity (Wildman–Crippen MR) is 79.5 cm³/mol. The third-order valence-corrected chi connectivity index (χ3v) is 3.28. The molecule has 0 aliphatic heterocycles. The van der Waals surface area contributed by atoms with Gasteiger partial charge in [0.15, 0.2) is 0 Å². The van der Waals surface area contributed by atoms with Crippen LogP contribution >= 0.6 is 11.6 Å². The van der Waals surface area contributed by atoms with E-state index in [-0.39, 0.29) is 18.1 Å². The molecule has 104 valence electrons. The average molecular weight is 292 g/mol. The van der Waals surface area contributed by atoms with Crippen molar-refractivity contribution in [1.29, 1.82) is 0 Å². The number of benzene rings is 2. The van der Waals surface area contributed by atoms with E-state index in [0.29, 0.717) is 17.0 Å². The number of nitrogens with one attached hydrogen (secondary N) is 1. The molecular formula is C16H15ClFNO. The zero-order valence-electron chi connectivity index (χ0n) is 11.1. The van der Waals surface area contributed by atoms with E-state index in [1.807, 2.05) is 6.92 Å². The smallest absolute Gasteiger partial charge is 0.224 e. The molecule has 1 amide bonds. The first-order valence-electron chi connectivity index (χ1n) is 6.35. The van der Waals surface area contributed by atoms with Gasteiger partial charge in [0.1, 0.15) is 5.82 Å². The van der Waals surface area contributed by atoms with E-state index in [4.69, 9.17) is 11.6 Å². The second kappa shape index (κ2) is 6.53. The first kappa shape index (κ1) is 14.5. The minimum absolute atomic E-state index is 0.140. The Morgan fingerprint density at radius 1 is 1.25 bits per heavy atom. The molecule has 0 fully saturated rings. The SMILES string of the molecule is Cc1cc(Cl)ccc1NC(=O)CCc1ccccc1F. The van der Waals surface area contributed by atoms with Crippen LogP contribution < -0.4 is 5.32 Å². The molecule has 0 aliphatic rings. The Hall–Kier alpha value is -1.87. The second-order valence-electron chi connectivity index (χ2n) is 4.60. The number of aryl methyl sites for hydroxylation is 2. The number of carbonyl (C=O) groups excluding carboxylic acids is 1. The summed E-state index contributed by atoms with van der Waals surface area (Å²) in [6, 6.07) is 11.8. The summed E-state index contributed by atoms with van der Waals surface area (Å²) in [6.07, 6.45) is 0.619. The monoisotopic (exact) mass is 291 g/mol. The number of amides is 1. The lowest BCUT2D eigenvalue weighted by Gasteiger charge is -2.09. The van der Waals surface area contributed by atoms with Crippen molar-refractivity contribution in [3.63, 3.8) is 0 Å². The topological polar surface area (TPSA) is 29.1 Å². The summed E-state index contributed by atoms with van der Waals surface area (Å²) in [7, 11) is 0. The number of anilines is 1. The molecule has 2 aromatic rings. The lowest BCUT2D eigenvalue weighted by atomic mass is 10.1. The summed E-state index contributed by atoms with van der Waals surface area (Å²) in [6.45, 7) is 1.87. The molecule has 20 heavy (non-hydrogen) atoms. The summed E-state index contributed by atoms with van der Waals surface area (Å²) in [5, 5.41) is 3.44. The van der Waals surface area contributed by atoms with Gasteiger partial charge in [0, 0.05) is 17.1 Å². The normalized spacial score (nSPS) is 10.3. The molecule has 2 aromatic carbocycles. The van der Waals surface area contributed by atoms with Gasteiger partial charge in [-0.15, -0.1) is 0 Å². The van der Waals surface area contributed by atoms with Crippen molar-refractivity contribution in [2.45, 2.75) is 19.8 Å². The van der Waals surface area contributed by atoms with Gasteiger partial charge in [0.25, 0.3) is 0 Å². The molecule has 0 bridgehead atoms. The fourth-order valence-corrected chi connectivity index (χ4v) is 2.16. The third-order valence-electron chi connectivity index (χ3n) is 3.04. The second-order valence-corrected chi connectivity index (χ2v) is 5.04. The van der Waals surface area contributed by atoms with Crippen LogP contribution in [0, 0.1) is 12.7 Å². The standard InChI is InChI=1S/C16H15ClFNO/c1-11-10-13(17)7-8-15(11)19-16(20)9-6-12-4-2-3-5-14(12)18/h2-5,7-8,10H,6,9H2,1H3,(H,19,20). The summed E-state index contributed by atoms with van der Waals surface area (Å²) < 4.78 is 13.4. The highest BCUT2D eigenvalue weighted by atomic mass is 35.5. The van der Waals surface area contributed by atoms with Crippen molar-refractivity contribution in [3.05, 3.63) is 64.4 Å². The Morgan fingerprint density at radius 2 is 2.00 bits per heavy atom. The van der Waals surface area contributed by atoms with E-state index in [2.05, 4.69) is 5.32 Å². The number of halogens is 2. The molecule has 0 radical (unpaired) electrons. The van der Waals surface area contributed by atoms with Gasteiger partial charge in [-0.05, 0) is 48.7 Å². The van der Waals surface area contributed by atoms with Gasteiger partial charge < -0.3 is 5.32 Å². The van der Waals surface area contributed by atoms with E-state index in [9.17, 15) is 9.18 Å². The van der Waals surface area contributed by atoms with E-state index in [1.165, 1.54) is 6.07 Å². The summed E-state index contributed by atoms with van der Waals surface area (Å²) in [4.78, 5) is 11.9. The largest absolute Gasteiger partial charge is 0.326 e. The van der Waals surface area contributed by atoms with Crippen molar-refractivity contribution in [1.82, 2.24) is 0 Å². The molecule has 1 N–H and O–H groups in total. The summed E-state index contributed by atoms with van der Waals surface area (Å²) in [5.74, 6) is -0.415. The highest BCUT2D eigenvalue weighted by Gasteiger charge is 2.07. The number of hydrogen-bond donors (Lipinski definition) is 1. The van der Waals surface area contributed by atoms with Gasteiger partial charge in [0.05, 0.1) is 0 Å². The fourth-order valence-electron chi connectivity index (χ4n) is 1.93. The van der Waals surface area contributed by atoms with Crippen LogP contribution in [0.1, 0.15) is 17.5 Å². The maximum Gasteiger partial charge on any atom is 0.224 e. The fraction of sp³-hybridized carbons (Fsp3) is 0.188. The van der Waals surface area contributed by atoms with E-state index >= 15 is 0 Å². The van der Waals surface area contributed by atoms with Crippen molar-refractivity contribution < 1.29 is 9.18 Å². The third kappa shape index (κ3) is 3.81. The van der Waals surface area contributed by atoms with Crippen LogP contribution in [0.25, 0.3) is 0 Å². The lowest BCUT2D eigenvalue weighted by Crippen LogP contribution is -2.13. The number of rotatable bonds is 4. The van der Waals surface area contributed by atoms with Gasteiger partial charge >= 0.3 is 0 Å². The van der Waals surface area contributed by atoms with Gasteiger partial charge in [-0.1, -0.05) is 29.8 Å². The predicted octanol–water partition coefficient (Wildman–Crippen LogP) is 4.36. The highest BCUT2D eigenvalue weighted by molar-refractivity contribution is 6.30. The Balaban J connectivity index is 1.94. The van der Waals surface area contributed by atoms with Crippen LogP contribution in [0.15, 0.2) is 42.5 Å². The quantitative estimate of drug-likeness (QED) is 0.891. The first-order chi connectivity index (χ1) is 9.56. The molecular weight excluding hydrogens is 277 g/mol. The molecule has 0 spiro atoms. The van der Waals surface area contributed by atoms with Crippen molar-refractivity contribution in [2.24, 2.45) is 0 Å². The summed E-state index contributed by atoms with van der Waals surface area (Å²) >= 11 is 5.86. The van der Waals surface area contributed by atoms with Crippen LogP contribution in [0.2, 0.25) is 5.02 Å². The van der Waals surface area contributed by atoms with Crippen molar-refractivity contribution in [2.75, 3.05) is 5.32 Å². The zero-order chi connectivity index (χ0) is 14.5. The molecule has 0 unspecified atom stereocenters. The molecule has 2 rings (SSSR count). The Morgan fingerprint density at radius 3 is 2.70 bits per heavy atom. The maximum atomic E-state index is 13.4. The van der Waals surface area contributed by atoms with Crippen LogP contribution in [-0.2, 0) is 11.2 Å². The van der Waals surface area contributed by atoms with Gasteiger partial charge in [-0.3, -0.25) is 4.79 Å². The maximum absolute atomic E-state index is 13.4. The first-order valence-corrected chi connectivity index (χ1v) is 6.73. The Bertz CT molecular complexity index is 628. The van der Waals surface area contributed by atoms with Gasteiger partial charge in [0.2, 0.25) is 5.91 Å². The number of carbonyl (C=O) groups is 1. The molecule has 0 heterocycles. The number of hydrogen-bond acceptors (Lipinski definition) is 1. The van der Waals surface area contributed by atoms with Crippen LogP contribution in [-0.4, -0.2) is 5.91 Å². The minimum atomic E-state index is -0.275. The van der Waals surface area contributed by atoms with Crippen molar-refractivity contribution in [3.8, 4) is 0 Å². The Kier molecular flexibility index (Phi) is 4.74. The van der Waals surface area contributed by atoms with Crippen LogP contribution in [0.5, 0.6) is 0 Å². The van der Waals surface area contributed by atoms with Crippen LogP contribution in [0.3, 0.4) is 0 Å². The van der Waals surface area contributed by atoms with E-state index < -0.39 is 0 Å². The van der Waals surface area contributed by atoms with Gasteiger partial charge in [-0.25, -0.2) is 4.39 Å². The van der Waals surface area contributed by atoms with Gasteiger partial charge in [-0.2, -0.15) is 0 Å². The summed E-state index contributed by atoms with van der Waals surface area (Å²) in [5.41, 5.74) is 2.18. The van der Waals surface area contributed by atoms with E-state index in [1.54, 1.807) is 36.4 Å².